The lowest BCUT2D eigenvalue weighted by atomic mass is 10.4. The molecular weight excluding hydrogens is 252 g/mol. The van der Waals surface area contributed by atoms with Crippen LogP contribution in [0.3, 0.4) is 0 Å². The van der Waals surface area contributed by atoms with Gasteiger partial charge in [-0.25, -0.2) is 15.8 Å². The molecule has 0 aromatic carbocycles. The van der Waals surface area contributed by atoms with Crippen LogP contribution in [-0.4, -0.2) is 24.4 Å². The largest absolute Gasteiger partial charge is 0.357 e. The van der Waals surface area contributed by atoms with E-state index in [4.69, 9.17) is 5.84 Å². The van der Waals surface area contributed by atoms with Crippen LogP contribution in [0.2, 0.25) is 0 Å². The number of hydrogen-bond donors (Lipinski definition) is 3. The standard InChI is InChI=1S/C9H12N8O2/c1-16-3-2-11-7(16)5-12-8-6(17(18)19)4-13-9(14-8)15-10/h2-4H,5,10H2,1H3,(H2,12,13,14,15). The first-order valence-corrected chi connectivity index (χ1v) is 5.30. The number of aromatic nitrogens is 4. The van der Waals surface area contributed by atoms with E-state index < -0.39 is 4.92 Å². The number of nitrogens with one attached hydrogen (secondary N) is 2. The third kappa shape index (κ3) is 2.74. The van der Waals surface area contributed by atoms with Gasteiger partial charge in [-0.15, -0.1) is 0 Å². The van der Waals surface area contributed by atoms with E-state index in [-0.39, 0.29) is 17.5 Å². The normalized spacial score (nSPS) is 10.2. The molecule has 0 spiro atoms. The molecule has 0 unspecified atom stereocenters. The van der Waals surface area contributed by atoms with Crippen LogP contribution in [-0.2, 0) is 13.6 Å². The topological polar surface area (TPSA) is 137 Å². The Kier molecular flexibility index (Phi) is 3.52. The van der Waals surface area contributed by atoms with Crippen LogP contribution >= 0.6 is 0 Å². The van der Waals surface area contributed by atoms with Gasteiger partial charge in [-0.05, 0) is 0 Å². The van der Waals surface area contributed by atoms with Crippen LogP contribution < -0.4 is 16.6 Å². The maximum absolute atomic E-state index is 10.9. The summed E-state index contributed by atoms with van der Waals surface area (Å²) in [7, 11) is 1.82. The van der Waals surface area contributed by atoms with Crippen LogP contribution in [0.5, 0.6) is 0 Å². The van der Waals surface area contributed by atoms with E-state index in [2.05, 4.69) is 25.7 Å². The Morgan fingerprint density at radius 3 is 2.89 bits per heavy atom. The number of rotatable bonds is 5. The van der Waals surface area contributed by atoms with Gasteiger partial charge in [0.25, 0.3) is 0 Å². The van der Waals surface area contributed by atoms with Gasteiger partial charge in [0.1, 0.15) is 12.0 Å². The quantitative estimate of drug-likeness (QED) is 0.390. The lowest BCUT2D eigenvalue weighted by Gasteiger charge is -2.07. The van der Waals surface area contributed by atoms with Crippen molar-refractivity contribution in [1.29, 1.82) is 0 Å². The highest BCUT2D eigenvalue weighted by molar-refractivity contribution is 5.56. The smallest absolute Gasteiger partial charge is 0.329 e. The van der Waals surface area contributed by atoms with E-state index in [0.29, 0.717) is 6.54 Å². The molecule has 19 heavy (non-hydrogen) atoms. The molecule has 2 rings (SSSR count). The summed E-state index contributed by atoms with van der Waals surface area (Å²) in [6, 6.07) is 0. The number of aryl methyl sites for hydroxylation is 1. The Morgan fingerprint density at radius 1 is 1.53 bits per heavy atom. The molecule has 0 aliphatic rings. The van der Waals surface area contributed by atoms with E-state index in [9.17, 15) is 10.1 Å². The second kappa shape index (κ2) is 5.27. The molecule has 4 N–H and O–H groups in total. The fraction of sp³-hybridized carbons (Fsp3) is 0.222. The predicted octanol–water partition coefficient (Wildman–Crippen LogP) is 0.0160. The van der Waals surface area contributed by atoms with Gasteiger partial charge >= 0.3 is 5.69 Å². The summed E-state index contributed by atoms with van der Waals surface area (Å²) < 4.78 is 1.79. The minimum absolute atomic E-state index is 0.0796. The maximum Gasteiger partial charge on any atom is 0.329 e. The Bertz CT molecular complexity index is 596. The van der Waals surface area contributed by atoms with Crippen molar-refractivity contribution in [2.75, 3.05) is 10.7 Å². The molecule has 100 valence electrons. The first kappa shape index (κ1) is 12.7. The van der Waals surface area contributed by atoms with Gasteiger partial charge < -0.3 is 9.88 Å². The van der Waals surface area contributed by atoms with Crippen LogP contribution in [0.4, 0.5) is 17.5 Å². The predicted molar refractivity (Wildman–Crippen MR) is 67.0 cm³/mol. The Hall–Kier alpha value is -2.75. The van der Waals surface area contributed by atoms with Crippen LogP contribution in [0, 0.1) is 10.1 Å². The van der Waals surface area contributed by atoms with Crippen molar-refractivity contribution in [3.8, 4) is 0 Å². The number of anilines is 2. The second-order valence-corrected chi connectivity index (χ2v) is 3.64. The van der Waals surface area contributed by atoms with Gasteiger partial charge in [-0.2, -0.15) is 4.98 Å². The van der Waals surface area contributed by atoms with Crippen molar-refractivity contribution in [1.82, 2.24) is 19.5 Å². The summed E-state index contributed by atoms with van der Waals surface area (Å²) in [5.41, 5.74) is 2.00. The molecule has 0 radical (unpaired) electrons. The highest BCUT2D eigenvalue weighted by atomic mass is 16.6. The molecule has 0 saturated carbocycles. The lowest BCUT2D eigenvalue weighted by molar-refractivity contribution is -0.384. The molecule has 2 aromatic heterocycles. The zero-order chi connectivity index (χ0) is 13.8. The first-order valence-electron chi connectivity index (χ1n) is 5.30. The highest BCUT2D eigenvalue weighted by Gasteiger charge is 2.17. The van der Waals surface area contributed by atoms with Crippen LogP contribution in [0.25, 0.3) is 0 Å². The average molecular weight is 264 g/mol. The molecule has 0 bridgehead atoms. The van der Waals surface area contributed by atoms with Crippen molar-refractivity contribution >= 4 is 17.5 Å². The Labute approximate surface area is 107 Å². The van der Waals surface area contributed by atoms with Crippen molar-refractivity contribution in [2.45, 2.75) is 6.54 Å². The molecule has 2 heterocycles. The maximum atomic E-state index is 10.9. The second-order valence-electron chi connectivity index (χ2n) is 3.64. The molecule has 10 nitrogen and oxygen atoms in total. The number of nitro groups is 1. The summed E-state index contributed by atoms with van der Waals surface area (Å²) in [5, 5.41) is 13.7. The van der Waals surface area contributed by atoms with E-state index >= 15 is 0 Å². The van der Waals surface area contributed by atoms with Crippen LogP contribution in [0.1, 0.15) is 5.82 Å². The lowest BCUT2D eigenvalue weighted by Crippen LogP contribution is -2.14. The van der Waals surface area contributed by atoms with Gasteiger partial charge in [0.05, 0.1) is 11.5 Å². The molecule has 0 saturated heterocycles. The van der Waals surface area contributed by atoms with Crippen molar-refractivity contribution in [2.24, 2.45) is 12.9 Å². The SMILES string of the molecule is Cn1ccnc1CNc1nc(NN)ncc1[N+](=O)[O-]. The zero-order valence-electron chi connectivity index (χ0n) is 10.1. The Balaban J connectivity index is 2.22. The monoisotopic (exact) mass is 264 g/mol. The van der Waals surface area contributed by atoms with E-state index in [1.807, 2.05) is 7.05 Å². The Morgan fingerprint density at radius 2 is 2.32 bits per heavy atom. The van der Waals surface area contributed by atoms with Crippen molar-refractivity contribution in [3.63, 3.8) is 0 Å². The number of imidazole rings is 1. The summed E-state index contributed by atoms with van der Waals surface area (Å²) in [6.45, 7) is 0.297. The summed E-state index contributed by atoms with van der Waals surface area (Å²) in [5.74, 6) is 6.06. The first-order chi connectivity index (χ1) is 9.11. The van der Waals surface area contributed by atoms with Gasteiger partial charge in [-0.1, -0.05) is 0 Å². The number of nitrogens with two attached hydrogens (primary N) is 1. The van der Waals surface area contributed by atoms with Gasteiger partial charge in [0.15, 0.2) is 0 Å². The number of nitrogen functional groups attached to an aromatic ring is 1. The van der Waals surface area contributed by atoms with Crippen molar-refractivity contribution in [3.05, 3.63) is 34.5 Å². The molecule has 0 atom stereocenters. The minimum Gasteiger partial charge on any atom is -0.357 e. The summed E-state index contributed by atoms with van der Waals surface area (Å²) in [6.07, 6.45) is 4.50. The fourth-order valence-corrected chi connectivity index (χ4v) is 1.44. The summed E-state index contributed by atoms with van der Waals surface area (Å²) >= 11 is 0. The highest BCUT2D eigenvalue weighted by Crippen LogP contribution is 2.22. The van der Waals surface area contributed by atoms with Gasteiger partial charge in [0, 0.05) is 19.4 Å². The minimum atomic E-state index is -0.568. The van der Waals surface area contributed by atoms with E-state index in [1.54, 1.807) is 17.0 Å². The van der Waals surface area contributed by atoms with E-state index in [0.717, 1.165) is 12.0 Å². The number of nitrogens with zero attached hydrogens (tertiary/aromatic N) is 5. The molecule has 0 fully saturated rings. The third-order valence-corrected chi connectivity index (χ3v) is 2.43. The fourth-order valence-electron chi connectivity index (χ4n) is 1.44. The van der Waals surface area contributed by atoms with Crippen LogP contribution in [0.15, 0.2) is 18.6 Å². The van der Waals surface area contributed by atoms with Gasteiger partial charge in [0.2, 0.25) is 11.8 Å². The molecule has 0 aliphatic heterocycles. The zero-order valence-corrected chi connectivity index (χ0v) is 10.1. The number of hydrogen-bond acceptors (Lipinski definition) is 8. The van der Waals surface area contributed by atoms with Crippen molar-refractivity contribution < 1.29 is 4.92 Å². The molecule has 2 aromatic rings. The summed E-state index contributed by atoms with van der Waals surface area (Å²) in [4.78, 5) is 22.0. The molecular formula is C9H12N8O2. The van der Waals surface area contributed by atoms with E-state index in [1.165, 1.54) is 0 Å². The van der Waals surface area contributed by atoms with Gasteiger partial charge in [-0.3, -0.25) is 15.5 Å². The molecule has 10 heteroatoms. The molecule has 0 aliphatic carbocycles. The number of hydrazine groups is 1. The average Bonchev–Trinajstić information content (AvgIpc) is 2.81. The molecule has 0 amide bonds. The third-order valence-electron chi connectivity index (χ3n) is 2.43.